The van der Waals surface area contributed by atoms with Crippen LogP contribution in [0.5, 0.6) is 0 Å². The van der Waals surface area contributed by atoms with E-state index in [9.17, 15) is 4.39 Å². The summed E-state index contributed by atoms with van der Waals surface area (Å²) in [6, 6.07) is 17.1. The summed E-state index contributed by atoms with van der Waals surface area (Å²) in [5.41, 5.74) is 2.93. The Hall–Kier alpha value is -2.46. The molecule has 1 aromatic heterocycles. The number of aliphatic imine (C=N–C) groups is 1. The molecule has 176 valence electrons. The summed E-state index contributed by atoms with van der Waals surface area (Å²) in [5.74, 6) is 0.994. The van der Waals surface area contributed by atoms with Gasteiger partial charge in [0.15, 0.2) is 5.96 Å². The summed E-state index contributed by atoms with van der Waals surface area (Å²) in [5, 5.41) is 6.85. The van der Waals surface area contributed by atoms with Crippen LogP contribution in [0, 0.1) is 5.82 Å². The zero-order valence-corrected chi connectivity index (χ0v) is 21.2. The molecule has 2 heterocycles. The molecular formula is C25H31FIN5O. The van der Waals surface area contributed by atoms with Gasteiger partial charge in [0.25, 0.3) is 0 Å². The molecule has 1 aliphatic rings. The van der Waals surface area contributed by atoms with Crippen LogP contribution in [-0.4, -0.2) is 49.1 Å². The molecule has 0 aliphatic carbocycles. The SMILES string of the molecule is CN=C(NCCc1coc(-c2ccc(F)cc2)n1)NCC(c1ccccc1)N1CCCC1.I. The molecule has 1 aliphatic heterocycles. The Morgan fingerprint density at radius 3 is 2.52 bits per heavy atom. The lowest BCUT2D eigenvalue weighted by Gasteiger charge is -2.29. The highest BCUT2D eigenvalue weighted by Gasteiger charge is 2.23. The van der Waals surface area contributed by atoms with Crippen molar-refractivity contribution in [1.82, 2.24) is 20.5 Å². The van der Waals surface area contributed by atoms with Crippen LogP contribution in [0.4, 0.5) is 4.39 Å². The molecule has 0 spiro atoms. The largest absolute Gasteiger partial charge is 0.444 e. The molecule has 2 aromatic carbocycles. The van der Waals surface area contributed by atoms with E-state index in [0.29, 0.717) is 24.9 Å². The predicted molar refractivity (Wildman–Crippen MR) is 140 cm³/mol. The highest BCUT2D eigenvalue weighted by atomic mass is 127. The van der Waals surface area contributed by atoms with Crippen molar-refractivity contribution in [2.75, 3.05) is 33.2 Å². The summed E-state index contributed by atoms with van der Waals surface area (Å²) >= 11 is 0. The van der Waals surface area contributed by atoms with E-state index in [1.807, 2.05) is 0 Å². The highest BCUT2D eigenvalue weighted by Crippen LogP contribution is 2.24. The molecule has 0 saturated carbocycles. The molecule has 8 heteroatoms. The summed E-state index contributed by atoms with van der Waals surface area (Å²) in [4.78, 5) is 11.4. The van der Waals surface area contributed by atoms with Gasteiger partial charge in [-0.1, -0.05) is 30.3 Å². The van der Waals surface area contributed by atoms with Gasteiger partial charge in [-0.15, -0.1) is 24.0 Å². The Morgan fingerprint density at radius 2 is 1.82 bits per heavy atom. The molecule has 3 aromatic rings. The fraction of sp³-hybridized carbons (Fsp3) is 0.360. The maximum Gasteiger partial charge on any atom is 0.226 e. The maximum absolute atomic E-state index is 13.1. The molecule has 4 rings (SSSR count). The third-order valence-corrected chi connectivity index (χ3v) is 5.77. The Balaban J connectivity index is 0.00000306. The smallest absolute Gasteiger partial charge is 0.226 e. The van der Waals surface area contributed by atoms with Crippen LogP contribution in [0.3, 0.4) is 0 Å². The summed E-state index contributed by atoms with van der Waals surface area (Å²) < 4.78 is 18.6. The molecule has 1 fully saturated rings. The normalized spacial score (nSPS) is 15.2. The molecule has 0 bridgehead atoms. The minimum absolute atomic E-state index is 0. The molecule has 0 radical (unpaired) electrons. The van der Waals surface area contributed by atoms with Crippen LogP contribution in [0.15, 0.2) is 70.3 Å². The average Bonchev–Trinajstić information content (AvgIpc) is 3.52. The van der Waals surface area contributed by atoms with Crippen LogP contribution in [-0.2, 0) is 6.42 Å². The van der Waals surface area contributed by atoms with Crippen LogP contribution >= 0.6 is 24.0 Å². The van der Waals surface area contributed by atoms with E-state index < -0.39 is 0 Å². The van der Waals surface area contributed by atoms with Crippen LogP contribution in [0.2, 0.25) is 0 Å². The molecule has 33 heavy (non-hydrogen) atoms. The van der Waals surface area contributed by atoms with E-state index in [1.54, 1.807) is 25.4 Å². The van der Waals surface area contributed by atoms with Gasteiger partial charge in [0.2, 0.25) is 5.89 Å². The molecule has 1 saturated heterocycles. The lowest BCUT2D eigenvalue weighted by atomic mass is 10.1. The van der Waals surface area contributed by atoms with E-state index in [0.717, 1.165) is 36.9 Å². The van der Waals surface area contributed by atoms with Gasteiger partial charge in [0.05, 0.1) is 11.7 Å². The van der Waals surface area contributed by atoms with Crippen LogP contribution < -0.4 is 10.6 Å². The van der Waals surface area contributed by atoms with Gasteiger partial charge in [0, 0.05) is 32.1 Å². The zero-order chi connectivity index (χ0) is 22.2. The first-order valence-electron chi connectivity index (χ1n) is 11.2. The second-order valence-corrected chi connectivity index (χ2v) is 7.95. The first kappa shape index (κ1) is 25.2. The summed E-state index contributed by atoms with van der Waals surface area (Å²) in [6.07, 6.45) is 4.86. The Bertz CT molecular complexity index is 1000. The first-order chi connectivity index (χ1) is 15.7. The van der Waals surface area contributed by atoms with Crippen molar-refractivity contribution in [3.05, 3.63) is 77.9 Å². The second kappa shape index (κ2) is 12.7. The number of hydrogen-bond acceptors (Lipinski definition) is 4. The summed E-state index contributed by atoms with van der Waals surface area (Å²) in [7, 11) is 1.78. The van der Waals surface area contributed by atoms with Crippen molar-refractivity contribution in [3.63, 3.8) is 0 Å². The van der Waals surface area contributed by atoms with Crippen molar-refractivity contribution >= 4 is 29.9 Å². The van der Waals surface area contributed by atoms with Crippen molar-refractivity contribution in [1.29, 1.82) is 0 Å². The van der Waals surface area contributed by atoms with E-state index >= 15 is 0 Å². The number of likely N-dealkylation sites (tertiary alicyclic amines) is 1. The van der Waals surface area contributed by atoms with E-state index in [2.05, 4.69) is 55.8 Å². The Labute approximate surface area is 211 Å². The monoisotopic (exact) mass is 563 g/mol. The van der Waals surface area contributed by atoms with Gasteiger partial charge in [0.1, 0.15) is 12.1 Å². The predicted octanol–water partition coefficient (Wildman–Crippen LogP) is 4.64. The minimum atomic E-state index is -0.275. The summed E-state index contributed by atoms with van der Waals surface area (Å²) in [6.45, 7) is 3.74. The molecule has 0 amide bonds. The lowest BCUT2D eigenvalue weighted by Crippen LogP contribution is -2.43. The third-order valence-electron chi connectivity index (χ3n) is 5.77. The first-order valence-corrected chi connectivity index (χ1v) is 11.2. The number of nitrogens with zero attached hydrogens (tertiary/aromatic N) is 3. The molecule has 1 unspecified atom stereocenters. The van der Waals surface area contributed by atoms with Crippen LogP contribution in [0.1, 0.15) is 30.1 Å². The number of nitrogens with one attached hydrogen (secondary N) is 2. The van der Waals surface area contributed by atoms with Crippen molar-refractivity contribution in [2.45, 2.75) is 25.3 Å². The van der Waals surface area contributed by atoms with Gasteiger partial charge in [-0.2, -0.15) is 0 Å². The van der Waals surface area contributed by atoms with Crippen molar-refractivity contribution in [2.24, 2.45) is 4.99 Å². The van der Waals surface area contributed by atoms with Gasteiger partial charge in [-0.3, -0.25) is 9.89 Å². The number of benzene rings is 2. The fourth-order valence-corrected chi connectivity index (χ4v) is 4.06. The van der Waals surface area contributed by atoms with E-state index in [4.69, 9.17) is 4.42 Å². The van der Waals surface area contributed by atoms with Gasteiger partial charge < -0.3 is 15.1 Å². The molecule has 6 nitrogen and oxygen atoms in total. The van der Waals surface area contributed by atoms with E-state index in [-0.39, 0.29) is 29.8 Å². The number of hydrogen-bond donors (Lipinski definition) is 2. The minimum Gasteiger partial charge on any atom is -0.444 e. The highest BCUT2D eigenvalue weighted by molar-refractivity contribution is 14.0. The molecular weight excluding hydrogens is 532 g/mol. The van der Waals surface area contributed by atoms with E-state index in [1.165, 1.54) is 30.5 Å². The Morgan fingerprint density at radius 1 is 1.09 bits per heavy atom. The van der Waals surface area contributed by atoms with Crippen molar-refractivity contribution in [3.8, 4) is 11.5 Å². The fourth-order valence-electron chi connectivity index (χ4n) is 4.06. The number of rotatable bonds is 8. The lowest BCUT2D eigenvalue weighted by molar-refractivity contribution is 0.245. The topological polar surface area (TPSA) is 65.7 Å². The van der Waals surface area contributed by atoms with Crippen LogP contribution in [0.25, 0.3) is 11.5 Å². The van der Waals surface area contributed by atoms with Gasteiger partial charge >= 0.3 is 0 Å². The quantitative estimate of drug-likeness (QED) is 0.238. The Kier molecular flexibility index (Phi) is 9.68. The molecule has 2 N–H and O–H groups in total. The molecule has 1 atom stereocenters. The number of guanidine groups is 1. The standard InChI is InChI=1S/C25H30FN5O.HI/c1-27-25(29-17-23(31-15-5-6-16-31)19-7-3-2-4-8-19)28-14-13-22-18-32-24(30-22)20-9-11-21(26)12-10-20;/h2-4,7-12,18,23H,5-6,13-17H2,1H3,(H2,27,28,29);1H. The van der Waals surface area contributed by atoms with Crippen molar-refractivity contribution < 1.29 is 8.81 Å². The van der Waals surface area contributed by atoms with Gasteiger partial charge in [-0.25, -0.2) is 9.37 Å². The number of aromatic nitrogens is 1. The maximum atomic E-state index is 13.1. The zero-order valence-electron chi connectivity index (χ0n) is 18.8. The average molecular weight is 563 g/mol. The third kappa shape index (κ3) is 7.01. The number of halogens is 2. The number of oxazole rings is 1. The second-order valence-electron chi connectivity index (χ2n) is 7.95. The van der Waals surface area contributed by atoms with Gasteiger partial charge in [-0.05, 0) is 55.8 Å².